The molecule has 2 amide bonds. The molecule has 0 bridgehead atoms. The summed E-state index contributed by atoms with van der Waals surface area (Å²) in [6.07, 6.45) is 0.511. The normalized spacial score (nSPS) is 14.4. The first-order valence-electron chi connectivity index (χ1n) is 9.62. The maximum atomic E-state index is 13.2. The lowest BCUT2D eigenvalue weighted by molar-refractivity contribution is -0.136. The molecule has 0 saturated heterocycles. The fourth-order valence-corrected chi connectivity index (χ4v) is 3.36. The Morgan fingerprint density at radius 2 is 1.83 bits per heavy atom. The van der Waals surface area contributed by atoms with E-state index < -0.39 is 5.97 Å². The molecule has 0 saturated carbocycles. The summed E-state index contributed by atoms with van der Waals surface area (Å²) < 4.78 is 13.2. The zero-order chi connectivity index (χ0) is 21.7. The number of carbonyl (C=O) groups excluding carboxylic acids is 2. The summed E-state index contributed by atoms with van der Waals surface area (Å²) in [7, 11) is 0. The Morgan fingerprint density at radius 1 is 1.17 bits per heavy atom. The highest BCUT2D eigenvalue weighted by Gasteiger charge is 2.32. The van der Waals surface area contributed by atoms with E-state index in [2.05, 4.69) is 10.3 Å². The monoisotopic (exact) mass is 411 g/mol. The number of carboxylic acid groups (broad SMARTS) is 1. The van der Waals surface area contributed by atoms with Crippen LogP contribution in [0, 0.1) is 5.82 Å². The van der Waals surface area contributed by atoms with E-state index in [0.717, 1.165) is 5.56 Å². The van der Waals surface area contributed by atoms with E-state index in [1.54, 1.807) is 29.2 Å². The molecule has 2 aromatic carbocycles. The van der Waals surface area contributed by atoms with Gasteiger partial charge in [-0.25, -0.2) is 4.39 Å². The van der Waals surface area contributed by atoms with Gasteiger partial charge in [-0.15, -0.1) is 0 Å². The lowest BCUT2D eigenvalue weighted by atomic mass is 10.0. The van der Waals surface area contributed by atoms with Gasteiger partial charge in [0.15, 0.2) is 0 Å². The summed E-state index contributed by atoms with van der Waals surface area (Å²) in [4.78, 5) is 41.5. The molecule has 156 valence electrons. The molecule has 1 atom stereocenters. The van der Waals surface area contributed by atoms with Gasteiger partial charge in [0.05, 0.1) is 12.5 Å². The lowest BCUT2D eigenvalue weighted by Gasteiger charge is -2.26. The van der Waals surface area contributed by atoms with E-state index in [-0.39, 0.29) is 43.3 Å². The SMILES string of the molecule is CC[C@H](c1ccc(C(=O)NCCC(=O)O)cc1)N1CN=C(c2ccc(F)cc2)C1=O. The third kappa shape index (κ3) is 4.71. The van der Waals surface area contributed by atoms with Crippen LogP contribution in [0.2, 0.25) is 0 Å². The Hall–Kier alpha value is -3.55. The van der Waals surface area contributed by atoms with Crippen LogP contribution in [0.3, 0.4) is 0 Å². The fraction of sp³-hybridized carbons (Fsp3) is 0.273. The third-order valence-corrected chi connectivity index (χ3v) is 4.91. The minimum Gasteiger partial charge on any atom is -0.481 e. The minimum absolute atomic E-state index is 0.0548. The number of benzene rings is 2. The molecule has 1 aliphatic rings. The van der Waals surface area contributed by atoms with Crippen molar-refractivity contribution in [3.8, 4) is 0 Å². The van der Waals surface area contributed by atoms with Crippen molar-refractivity contribution in [2.75, 3.05) is 13.2 Å². The largest absolute Gasteiger partial charge is 0.481 e. The maximum Gasteiger partial charge on any atom is 0.305 e. The van der Waals surface area contributed by atoms with Gasteiger partial charge < -0.3 is 15.3 Å². The molecule has 0 aliphatic carbocycles. The highest BCUT2D eigenvalue weighted by Crippen LogP contribution is 2.28. The Bertz CT molecular complexity index is 971. The van der Waals surface area contributed by atoms with Gasteiger partial charge >= 0.3 is 5.97 Å². The number of halogens is 1. The van der Waals surface area contributed by atoms with Crippen LogP contribution in [0.15, 0.2) is 53.5 Å². The molecule has 2 N–H and O–H groups in total. The van der Waals surface area contributed by atoms with E-state index in [1.807, 2.05) is 6.92 Å². The van der Waals surface area contributed by atoms with Crippen molar-refractivity contribution in [3.63, 3.8) is 0 Å². The van der Waals surface area contributed by atoms with Crippen LogP contribution in [0.4, 0.5) is 4.39 Å². The van der Waals surface area contributed by atoms with Gasteiger partial charge in [-0.3, -0.25) is 19.4 Å². The zero-order valence-electron chi connectivity index (χ0n) is 16.5. The van der Waals surface area contributed by atoms with E-state index in [9.17, 15) is 18.8 Å². The number of rotatable bonds is 8. The summed E-state index contributed by atoms with van der Waals surface area (Å²) >= 11 is 0. The van der Waals surface area contributed by atoms with Crippen LogP contribution in [-0.4, -0.2) is 46.7 Å². The second-order valence-electron chi connectivity index (χ2n) is 6.88. The van der Waals surface area contributed by atoms with Gasteiger partial charge in [0.2, 0.25) is 0 Å². The molecule has 30 heavy (non-hydrogen) atoms. The standard InChI is InChI=1S/C22H22FN3O4/c1-2-18(14-3-5-16(6-4-14)21(29)24-12-11-19(27)28)26-13-25-20(22(26)30)15-7-9-17(23)10-8-15/h3-10,18H,2,11-13H2,1H3,(H,24,29)(H,27,28)/t18-/m1/s1. The Morgan fingerprint density at radius 3 is 2.43 bits per heavy atom. The van der Waals surface area contributed by atoms with Gasteiger partial charge in [0, 0.05) is 17.7 Å². The van der Waals surface area contributed by atoms with Gasteiger partial charge in [-0.05, 0) is 48.4 Å². The molecule has 7 nitrogen and oxygen atoms in total. The molecule has 0 radical (unpaired) electrons. The van der Waals surface area contributed by atoms with E-state index in [4.69, 9.17) is 5.11 Å². The first-order valence-corrected chi connectivity index (χ1v) is 9.62. The predicted octanol–water partition coefficient (Wildman–Crippen LogP) is 2.77. The number of aliphatic imine (C=N–C) groups is 1. The Labute approximate surface area is 173 Å². The summed E-state index contributed by atoms with van der Waals surface area (Å²) in [6.45, 7) is 2.22. The third-order valence-electron chi connectivity index (χ3n) is 4.91. The van der Waals surface area contributed by atoms with Crippen molar-refractivity contribution in [1.82, 2.24) is 10.2 Å². The van der Waals surface area contributed by atoms with Crippen molar-refractivity contribution in [1.29, 1.82) is 0 Å². The van der Waals surface area contributed by atoms with Crippen LogP contribution in [0.25, 0.3) is 0 Å². The van der Waals surface area contributed by atoms with Crippen LogP contribution in [-0.2, 0) is 9.59 Å². The highest BCUT2D eigenvalue weighted by molar-refractivity contribution is 6.46. The molecule has 2 aromatic rings. The maximum absolute atomic E-state index is 13.2. The first-order chi connectivity index (χ1) is 14.4. The molecular weight excluding hydrogens is 389 g/mol. The molecule has 3 rings (SSSR count). The Balaban J connectivity index is 1.69. The van der Waals surface area contributed by atoms with E-state index in [0.29, 0.717) is 23.3 Å². The summed E-state index contributed by atoms with van der Waals surface area (Å²) in [5.74, 6) is -1.92. The molecule has 1 aliphatic heterocycles. The smallest absolute Gasteiger partial charge is 0.305 e. The average molecular weight is 411 g/mol. The number of hydrogen-bond acceptors (Lipinski definition) is 4. The molecule has 0 aromatic heterocycles. The quantitative estimate of drug-likeness (QED) is 0.698. The predicted molar refractivity (Wildman–Crippen MR) is 109 cm³/mol. The summed E-state index contributed by atoms with van der Waals surface area (Å²) in [6, 6.07) is 12.3. The van der Waals surface area contributed by atoms with Crippen molar-refractivity contribution < 1.29 is 23.9 Å². The number of aliphatic carboxylic acids is 1. The molecule has 1 heterocycles. The van der Waals surface area contributed by atoms with Crippen LogP contribution in [0.1, 0.15) is 47.3 Å². The number of amides is 2. The van der Waals surface area contributed by atoms with E-state index in [1.165, 1.54) is 24.3 Å². The molecule has 0 unspecified atom stereocenters. The number of nitrogens with zero attached hydrogens (tertiary/aromatic N) is 2. The lowest BCUT2D eigenvalue weighted by Crippen LogP contribution is -2.34. The number of carbonyl (C=O) groups is 3. The molecular formula is C22H22FN3O4. The van der Waals surface area contributed by atoms with Gasteiger partial charge in [0.25, 0.3) is 11.8 Å². The van der Waals surface area contributed by atoms with Crippen molar-refractivity contribution in [3.05, 3.63) is 71.0 Å². The average Bonchev–Trinajstić information content (AvgIpc) is 3.10. The summed E-state index contributed by atoms with van der Waals surface area (Å²) in [5, 5.41) is 11.2. The molecule has 0 spiro atoms. The fourth-order valence-electron chi connectivity index (χ4n) is 3.36. The summed E-state index contributed by atoms with van der Waals surface area (Å²) in [5.41, 5.74) is 2.16. The number of carboxylic acids is 1. The number of nitrogens with one attached hydrogen (secondary N) is 1. The molecule has 8 heteroatoms. The number of hydrogen-bond donors (Lipinski definition) is 2. The second kappa shape index (κ2) is 9.30. The van der Waals surface area contributed by atoms with Crippen molar-refractivity contribution in [2.45, 2.75) is 25.8 Å². The molecule has 0 fully saturated rings. The van der Waals surface area contributed by atoms with Crippen LogP contribution < -0.4 is 5.32 Å². The zero-order valence-corrected chi connectivity index (χ0v) is 16.5. The van der Waals surface area contributed by atoms with Gasteiger partial charge in [0.1, 0.15) is 18.2 Å². The second-order valence-corrected chi connectivity index (χ2v) is 6.88. The Kier molecular flexibility index (Phi) is 6.56. The van der Waals surface area contributed by atoms with Crippen LogP contribution >= 0.6 is 0 Å². The van der Waals surface area contributed by atoms with Gasteiger partial charge in [-0.2, -0.15) is 0 Å². The van der Waals surface area contributed by atoms with Crippen LogP contribution in [0.5, 0.6) is 0 Å². The topological polar surface area (TPSA) is 99.1 Å². The van der Waals surface area contributed by atoms with Crippen molar-refractivity contribution in [2.24, 2.45) is 4.99 Å². The van der Waals surface area contributed by atoms with Crippen molar-refractivity contribution >= 4 is 23.5 Å². The van der Waals surface area contributed by atoms with Gasteiger partial charge in [-0.1, -0.05) is 19.1 Å². The minimum atomic E-state index is -0.978. The highest BCUT2D eigenvalue weighted by atomic mass is 19.1. The first kappa shape index (κ1) is 21.2. The van der Waals surface area contributed by atoms with E-state index >= 15 is 0 Å².